The number of pyridine rings is 2. The molecule has 0 fully saturated rings. The monoisotopic (exact) mass is 278 g/mol. The van der Waals surface area contributed by atoms with Crippen LogP contribution in [0.4, 0.5) is 11.5 Å². The van der Waals surface area contributed by atoms with Crippen LogP contribution < -0.4 is 11.1 Å². The van der Waals surface area contributed by atoms with Crippen LogP contribution in [-0.4, -0.2) is 15.9 Å². The molecule has 0 saturated carbocycles. The van der Waals surface area contributed by atoms with Crippen molar-refractivity contribution in [2.24, 2.45) is 0 Å². The molecule has 0 radical (unpaired) electrons. The molecule has 2 heterocycles. The number of aryl methyl sites for hydroxylation is 1. The van der Waals surface area contributed by atoms with Gasteiger partial charge in [-0.2, -0.15) is 0 Å². The molecule has 1 aromatic carbocycles. The van der Waals surface area contributed by atoms with E-state index in [4.69, 9.17) is 5.73 Å². The summed E-state index contributed by atoms with van der Waals surface area (Å²) in [5.74, 6) is 0.224. The van der Waals surface area contributed by atoms with Crippen molar-refractivity contribution in [2.45, 2.75) is 6.92 Å². The SMILES string of the molecule is Cc1cc(C(=O)Nc2ccc(N)nc2)c2ccccc2n1. The van der Waals surface area contributed by atoms with Crippen molar-refractivity contribution in [1.82, 2.24) is 9.97 Å². The van der Waals surface area contributed by atoms with E-state index < -0.39 is 0 Å². The highest BCUT2D eigenvalue weighted by molar-refractivity contribution is 6.12. The Morgan fingerprint density at radius 2 is 2.00 bits per heavy atom. The van der Waals surface area contributed by atoms with Crippen molar-refractivity contribution in [2.75, 3.05) is 11.1 Å². The van der Waals surface area contributed by atoms with Crippen molar-refractivity contribution >= 4 is 28.3 Å². The number of nitrogens with one attached hydrogen (secondary N) is 1. The van der Waals surface area contributed by atoms with Gasteiger partial charge in [-0.15, -0.1) is 0 Å². The van der Waals surface area contributed by atoms with E-state index in [-0.39, 0.29) is 5.91 Å². The van der Waals surface area contributed by atoms with E-state index >= 15 is 0 Å². The van der Waals surface area contributed by atoms with Gasteiger partial charge in [0.15, 0.2) is 0 Å². The minimum Gasteiger partial charge on any atom is -0.384 e. The summed E-state index contributed by atoms with van der Waals surface area (Å²) in [5.41, 5.74) is 8.33. The highest BCUT2D eigenvalue weighted by atomic mass is 16.1. The molecule has 104 valence electrons. The lowest BCUT2D eigenvalue weighted by atomic mass is 10.1. The molecule has 0 spiro atoms. The molecular formula is C16H14N4O. The summed E-state index contributed by atoms with van der Waals surface area (Å²) in [5, 5.41) is 3.64. The molecule has 2 aromatic heterocycles. The second-order valence-electron chi connectivity index (χ2n) is 4.75. The predicted octanol–water partition coefficient (Wildman–Crippen LogP) is 2.77. The zero-order valence-corrected chi connectivity index (χ0v) is 11.5. The van der Waals surface area contributed by atoms with Gasteiger partial charge in [0.1, 0.15) is 5.82 Å². The van der Waals surface area contributed by atoms with Crippen LogP contribution in [0.3, 0.4) is 0 Å². The van der Waals surface area contributed by atoms with Crippen molar-refractivity contribution in [3.8, 4) is 0 Å². The maximum Gasteiger partial charge on any atom is 0.256 e. The average molecular weight is 278 g/mol. The fourth-order valence-corrected chi connectivity index (χ4v) is 2.17. The molecular weight excluding hydrogens is 264 g/mol. The van der Waals surface area contributed by atoms with Gasteiger partial charge in [0.25, 0.3) is 5.91 Å². The van der Waals surface area contributed by atoms with Crippen molar-refractivity contribution in [3.05, 3.63) is 59.9 Å². The maximum absolute atomic E-state index is 12.5. The number of carbonyl (C=O) groups is 1. The normalized spacial score (nSPS) is 10.5. The number of benzene rings is 1. The number of anilines is 2. The van der Waals surface area contributed by atoms with Gasteiger partial charge in [-0.25, -0.2) is 4.98 Å². The molecule has 5 heteroatoms. The van der Waals surface area contributed by atoms with Crippen LogP contribution in [0.1, 0.15) is 16.1 Å². The fourth-order valence-electron chi connectivity index (χ4n) is 2.17. The summed E-state index contributed by atoms with van der Waals surface area (Å²) < 4.78 is 0. The fraction of sp³-hybridized carbons (Fsp3) is 0.0625. The standard InChI is InChI=1S/C16H14N4O/c1-10-8-13(12-4-2-3-5-14(12)19-10)16(21)20-11-6-7-15(17)18-9-11/h2-9H,1H3,(H2,17,18)(H,20,21). The largest absolute Gasteiger partial charge is 0.384 e. The molecule has 0 atom stereocenters. The third-order valence-corrected chi connectivity index (χ3v) is 3.13. The first kappa shape index (κ1) is 13.1. The summed E-state index contributed by atoms with van der Waals surface area (Å²) in [4.78, 5) is 20.9. The van der Waals surface area contributed by atoms with Crippen molar-refractivity contribution in [1.29, 1.82) is 0 Å². The van der Waals surface area contributed by atoms with Crippen LogP contribution >= 0.6 is 0 Å². The number of aromatic nitrogens is 2. The molecule has 3 aromatic rings. The number of nitrogen functional groups attached to an aromatic ring is 1. The Balaban J connectivity index is 1.99. The summed E-state index contributed by atoms with van der Waals surface area (Å²) >= 11 is 0. The topological polar surface area (TPSA) is 80.9 Å². The van der Waals surface area contributed by atoms with Gasteiger partial charge in [-0.05, 0) is 31.2 Å². The number of nitrogens with zero attached hydrogens (tertiary/aromatic N) is 2. The minimum absolute atomic E-state index is 0.191. The molecule has 0 unspecified atom stereocenters. The number of amides is 1. The van der Waals surface area contributed by atoms with E-state index in [0.717, 1.165) is 16.6 Å². The van der Waals surface area contributed by atoms with Crippen molar-refractivity contribution in [3.63, 3.8) is 0 Å². The number of fused-ring (bicyclic) bond motifs is 1. The lowest BCUT2D eigenvalue weighted by Crippen LogP contribution is -2.13. The second-order valence-corrected chi connectivity index (χ2v) is 4.75. The van der Waals surface area contributed by atoms with Gasteiger partial charge in [-0.1, -0.05) is 18.2 Å². The number of hydrogen-bond donors (Lipinski definition) is 2. The molecule has 0 aliphatic heterocycles. The van der Waals surface area contributed by atoms with Crippen LogP contribution in [-0.2, 0) is 0 Å². The average Bonchev–Trinajstić information content (AvgIpc) is 2.48. The summed E-state index contributed by atoms with van der Waals surface area (Å²) in [7, 11) is 0. The van der Waals surface area contributed by atoms with Crippen LogP contribution in [0.5, 0.6) is 0 Å². The van der Waals surface area contributed by atoms with E-state index in [2.05, 4.69) is 15.3 Å². The first-order chi connectivity index (χ1) is 10.1. The molecule has 21 heavy (non-hydrogen) atoms. The number of hydrogen-bond acceptors (Lipinski definition) is 4. The number of para-hydroxylation sites is 1. The van der Waals surface area contributed by atoms with Gasteiger partial charge in [0.05, 0.1) is 23.0 Å². The lowest BCUT2D eigenvalue weighted by molar-refractivity contribution is 0.102. The highest BCUT2D eigenvalue weighted by Crippen LogP contribution is 2.19. The summed E-state index contributed by atoms with van der Waals surface area (Å²) in [6.45, 7) is 1.87. The quantitative estimate of drug-likeness (QED) is 0.755. The molecule has 0 aliphatic carbocycles. The Hall–Kier alpha value is -2.95. The van der Waals surface area contributed by atoms with Gasteiger partial charge in [0.2, 0.25) is 0 Å². The zero-order chi connectivity index (χ0) is 14.8. The Bertz CT molecular complexity index is 812. The minimum atomic E-state index is -0.191. The zero-order valence-electron chi connectivity index (χ0n) is 11.5. The van der Waals surface area contributed by atoms with E-state index in [1.54, 1.807) is 18.2 Å². The number of nitrogens with two attached hydrogens (primary N) is 1. The van der Waals surface area contributed by atoms with Gasteiger partial charge in [0, 0.05) is 11.1 Å². The van der Waals surface area contributed by atoms with Crippen LogP contribution in [0.2, 0.25) is 0 Å². The summed E-state index contributed by atoms with van der Waals surface area (Å²) in [6, 6.07) is 12.7. The number of carbonyl (C=O) groups excluding carboxylic acids is 1. The van der Waals surface area contributed by atoms with Crippen LogP contribution in [0, 0.1) is 6.92 Å². The highest BCUT2D eigenvalue weighted by Gasteiger charge is 2.12. The van der Waals surface area contributed by atoms with Crippen molar-refractivity contribution < 1.29 is 4.79 Å². The molecule has 0 saturated heterocycles. The third kappa shape index (κ3) is 2.67. The Morgan fingerprint density at radius 1 is 1.19 bits per heavy atom. The van der Waals surface area contributed by atoms with E-state index in [0.29, 0.717) is 17.1 Å². The molecule has 0 bridgehead atoms. The lowest BCUT2D eigenvalue weighted by Gasteiger charge is -2.09. The van der Waals surface area contributed by atoms with E-state index in [1.807, 2.05) is 31.2 Å². The first-order valence-electron chi connectivity index (χ1n) is 6.53. The van der Waals surface area contributed by atoms with Crippen LogP contribution in [0.25, 0.3) is 10.9 Å². The smallest absolute Gasteiger partial charge is 0.256 e. The van der Waals surface area contributed by atoms with Gasteiger partial charge >= 0.3 is 0 Å². The first-order valence-corrected chi connectivity index (χ1v) is 6.53. The second kappa shape index (κ2) is 5.20. The molecule has 0 aliphatic rings. The Kier molecular flexibility index (Phi) is 3.23. The Labute approximate surface area is 121 Å². The molecule has 1 amide bonds. The number of rotatable bonds is 2. The van der Waals surface area contributed by atoms with E-state index in [1.165, 1.54) is 6.20 Å². The van der Waals surface area contributed by atoms with Gasteiger partial charge in [-0.3, -0.25) is 9.78 Å². The third-order valence-electron chi connectivity index (χ3n) is 3.13. The summed E-state index contributed by atoms with van der Waals surface area (Å²) in [6.07, 6.45) is 1.53. The molecule has 3 rings (SSSR count). The molecule has 3 N–H and O–H groups in total. The van der Waals surface area contributed by atoms with Crippen LogP contribution in [0.15, 0.2) is 48.7 Å². The molecule has 5 nitrogen and oxygen atoms in total. The van der Waals surface area contributed by atoms with Gasteiger partial charge < -0.3 is 11.1 Å². The predicted molar refractivity (Wildman–Crippen MR) is 83.1 cm³/mol. The Morgan fingerprint density at radius 3 is 2.76 bits per heavy atom. The van der Waals surface area contributed by atoms with E-state index in [9.17, 15) is 4.79 Å². The maximum atomic E-state index is 12.5.